The van der Waals surface area contributed by atoms with E-state index in [2.05, 4.69) is 5.43 Å². The van der Waals surface area contributed by atoms with Crippen LogP contribution < -0.4 is 17.8 Å². The van der Waals surface area contributed by atoms with Crippen LogP contribution in [0.15, 0.2) is 0 Å². The third-order valence-electron chi connectivity index (χ3n) is 1.33. The molecule has 1 N–H and O–H groups in total. The van der Waals surface area contributed by atoms with E-state index in [1.807, 2.05) is 14.1 Å². The van der Waals surface area contributed by atoms with E-state index in [0.717, 1.165) is 6.54 Å². The molecule has 0 aromatic heterocycles. The number of carbonyl (C=O) groups excluding carboxylic acids is 1. The van der Waals surface area contributed by atoms with E-state index in [9.17, 15) is 4.79 Å². The van der Waals surface area contributed by atoms with Gasteiger partial charge in [0.05, 0.1) is 20.5 Å². The van der Waals surface area contributed by atoms with Crippen LogP contribution in [0.25, 0.3) is 0 Å². The zero-order valence-electron chi connectivity index (χ0n) is 5.65. The van der Waals surface area contributed by atoms with Crippen LogP contribution in [0.2, 0.25) is 0 Å². The third kappa shape index (κ3) is 2.20. The summed E-state index contributed by atoms with van der Waals surface area (Å²) in [5, 5.41) is 0. The minimum atomic E-state index is 0. The van der Waals surface area contributed by atoms with E-state index < -0.39 is 0 Å². The summed E-state index contributed by atoms with van der Waals surface area (Å²) in [4.78, 5) is 10.5. The molecule has 0 saturated carbocycles. The van der Waals surface area contributed by atoms with Gasteiger partial charge < -0.3 is 12.4 Å². The number of rotatable bonds is 0. The van der Waals surface area contributed by atoms with Crippen LogP contribution in [0.3, 0.4) is 0 Å². The maximum absolute atomic E-state index is 10.5. The molecule has 0 aromatic rings. The summed E-state index contributed by atoms with van der Waals surface area (Å²) >= 11 is 0. The summed E-state index contributed by atoms with van der Waals surface area (Å²) < 4.78 is 0.638. The Kier molecular flexibility index (Phi) is 2.46. The summed E-state index contributed by atoms with van der Waals surface area (Å²) in [6.45, 7) is 0.916. The first kappa shape index (κ1) is 8.72. The lowest BCUT2D eigenvalue weighted by Gasteiger charge is -2.20. The number of nitrogens with one attached hydrogen (secondary N) is 1. The van der Waals surface area contributed by atoms with E-state index in [1.165, 1.54) is 0 Å². The average molecular weight is 151 g/mol. The van der Waals surface area contributed by atoms with Crippen LogP contribution in [0, 0.1) is 0 Å². The summed E-state index contributed by atoms with van der Waals surface area (Å²) in [7, 11) is 3.95. The normalized spacial score (nSPS) is 22.7. The molecule has 0 unspecified atom stereocenters. The Hall–Kier alpha value is -0.280. The van der Waals surface area contributed by atoms with Crippen LogP contribution in [-0.4, -0.2) is 31.1 Å². The summed E-state index contributed by atoms with van der Waals surface area (Å²) in [5.74, 6) is 0.162. The molecule has 1 aliphatic rings. The van der Waals surface area contributed by atoms with Gasteiger partial charge in [0.2, 0.25) is 0 Å². The highest BCUT2D eigenvalue weighted by molar-refractivity contribution is 5.75. The van der Waals surface area contributed by atoms with Gasteiger partial charge in [0.15, 0.2) is 0 Å². The molecule has 1 rings (SSSR count). The van der Waals surface area contributed by atoms with Crippen LogP contribution in [-0.2, 0) is 4.79 Å². The molecule has 0 bridgehead atoms. The second-order valence-electron chi connectivity index (χ2n) is 2.69. The first-order valence-electron chi connectivity index (χ1n) is 2.74. The SMILES string of the molecule is C[N+]1(C)CCC(=O)N1.[Cl-]. The van der Waals surface area contributed by atoms with Crippen molar-refractivity contribution in [2.75, 3.05) is 20.6 Å². The molecule has 1 saturated heterocycles. The molecule has 0 atom stereocenters. The van der Waals surface area contributed by atoms with Gasteiger partial charge in [-0.2, -0.15) is 0 Å². The van der Waals surface area contributed by atoms with Crippen molar-refractivity contribution in [3.8, 4) is 0 Å². The second kappa shape index (κ2) is 2.54. The Morgan fingerprint density at radius 1 is 1.56 bits per heavy atom. The van der Waals surface area contributed by atoms with Gasteiger partial charge in [0.25, 0.3) is 5.91 Å². The van der Waals surface area contributed by atoms with Crippen molar-refractivity contribution in [1.82, 2.24) is 5.43 Å². The first-order valence-corrected chi connectivity index (χ1v) is 2.74. The van der Waals surface area contributed by atoms with Crippen LogP contribution in [0.1, 0.15) is 6.42 Å². The Balaban J connectivity index is 0.000000640. The molecule has 0 radical (unpaired) electrons. The van der Waals surface area contributed by atoms with E-state index in [1.54, 1.807) is 0 Å². The Morgan fingerprint density at radius 2 is 2.11 bits per heavy atom. The van der Waals surface area contributed by atoms with Gasteiger partial charge in [-0.1, -0.05) is 0 Å². The lowest BCUT2D eigenvalue weighted by molar-refractivity contribution is -0.916. The molecule has 9 heavy (non-hydrogen) atoms. The van der Waals surface area contributed by atoms with Gasteiger partial charge in [-0.25, -0.2) is 10.0 Å². The molecule has 1 aliphatic heterocycles. The largest absolute Gasteiger partial charge is 1.00 e. The summed E-state index contributed by atoms with van der Waals surface area (Å²) in [6, 6.07) is 0. The zero-order chi connectivity index (χ0) is 6.20. The predicted octanol–water partition coefficient (Wildman–Crippen LogP) is -3.50. The molecule has 1 amide bonds. The number of hydrogen-bond donors (Lipinski definition) is 1. The van der Waals surface area contributed by atoms with Gasteiger partial charge in [0, 0.05) is 0 Å². The Bertz CT molecular complexity index is 124. The third-order valence-corrected chi connectivity index (χ3v) is 1.33. The van der Waals surface area contributed by atoms with Crippen molar-refractivity contribution < 1.29 is 21.8 Å². The van der Waals surface area contributed by atoms with E-state index in [-0.39, 0.29) is 18.3 Å². The topological polar surface area (TPSA) is 29.1 Å². The van der Waals surface area contributed by atoms with Crippen LogP contribution in [0.5, 0.6) is 0 Å². The molecular formula is C5H11ClN2O. The predicted molar refractivity (Wildman–Crippen MR) is 29.7 cm³/mol. The van der Waals surface area contributed by atoms with Gasteiger partial charge in [-0.3, -0.25) is 4.79 Å². The highest BCUT2D eigenvalue weighted by atomic mass is 35.5. The van der Waals surface area contributed by atoms with Crippen molar-refractivity contribution >= 4 is 5.91 Å². The standard InChI is InChI=1S/C5H10N2O.ClH/c1-7(2)4-3-5(8)6-7;/h3-4H2,1-2H3;1H. The van der Waals surface area contributed by atoms with Crippen LogP contribution >= 0.6 is 0 Å². The summed E-state index contributed by atoms with van der Waals surface area (Å²) in [5.41, 5.74) is 2.79. The highest BCUT2D eigenvalue weighted by Crippen LogP contribution is 2.01. The van der Waals surface area contributed by atoms with E-state index in [0.29, 0.717) is 11.0 Å². The molecule has 4 heteroatoms. The highest BCUT2D eigenvalue weighted by Gasteiger charge is 2.27. The maximum atomic E-state index is 10.5. The Labute approximate surface area is 61.0 Å². The number of halogens is 1. The van der Waals surface area contributed by atoms with Crippen molar-refractivity contribution in [3.05, 3.63) is 0 Å². The molecule has 0 aromatic carbocycles. The van der Waals surface area contributed by atoms with E-state index >= 15 is 0 Å². The molecular weight excluding hydrogens is 140 g/mol. The van der Waals surface area contributed by atoms with Crippen molar-refractivity contribution in [1.29, 1.82) is 0 Å². The molecule has 0 spiro atoms. The fourth-order valence-electron chi connectivity index (χ4n) is 0.830. The lowest BCUT2D eigenvalue weighted by atomic mass is 10.4. The minimum absolute atomic E-state index is 0. The molecule has 1 heterocycles. The van der Waals surface area contributed by atoms with Crippen molar-refractivity contribution in [2.24, 2.45) is 0 Å². The summed E-state index contributed by atoms with van der Waals surface area (Å²) in [6.07, 6.45) is 0.674. The fourth-order valence-corrected chi connectivity index (χ4v) is 0.830. The minimum Gasteiger partial charge on any atom is -1.00 e. The zero-order valence-corrected chi connectivity index (χ0v) is 6.40. The number of amides is 1. The van der Waals surface area contributed by atoms with Crippen molar-refractivity contribution in [2.45, 2.75) is 6.42 Å². The average Bonchev–Trinajstić information content (AvgIpc) is 1.82. The number of hydrogen-bond acceptors (Lipinski definition) is 1. The van der Waals surface area contributed by atoms with Crippen LogP contribution in [0.4, 0.5) is 0 Å². The van der Waals surface area contributed by atoms with Crippen molar-refractivity contribution in [3.63, 3.8) is 0 Å². The lowest BCUT2D eigenvalue weighted by Crippen LogP contribution is -3.00. The van der Waals surface area contributed by atoms with Gasteiger partial charge >= 0.3 is 0 Å². The number of quaternary nitrogens is 1. The smallest absolute Gasteiger partial charge is 0.270 e. The monoisotopic (exact) mass is 150 g/mol. The fraction of sp³-hybridized carbons (Fsp3) is 0.800. The first-order chi connectivity index (χ1) is 3.60. The Morgan fingerprint density at radius 3 is 2.22 bits per heavy atom. The van der Waals surface area contributed by atoms with E-state index in [4.69, 9.17) is 0 Å². The van der Waals surface area contributed by atoms with Gasteiger partial charge in [-0.15, -0.1) is 0 Å². The maximum Gasteiger partial charge on any atom is 0.270 e. The number of carbonyl (C=O) groups is 1. The quantitative estimate of drug-likeness (QED) is 0.357. The molecule has 54 valence electrons. The second-order valence-corrected chi connectivity index (χ2v) is 2.69. The molecule has 0 aliphatic carbocycles. The van der Waals surface area contributed by atoms with Gasteiger partial charge in [0.1, 0.15) is 6.54 Å². The van der Waals surface area contributed by atoms with Gasteiger partial charge in [-0.05, 0) is 0 Å². The number of nitrogens with zero attached hydrogens (tertiary/aromatic N) is 1. The molecule has 1 fully saturated rings. The molecule has 3 nitrogen and oxygen atoms in total.